The lowest BCUT2D eigenvalue weighted by Gasteiger charge is -2.32. The van der Waals surface area contributed by atoms with Gasteiger partial charge in [0.25, 0.3) is 0 Å². The Labute approximate surface area is 242 Å². The molecule has 220 valence electrons. The lowest BCUT2D eigenvalue weighted by Crippen LogP contribution is -2.30. The van der Waals surface area contributed by atoms with Crippen molar-refractivity contribution >= 4 is 0 Å². The summed E-state index contributed by atoms with van der Waals surface area (Å²) in [4.78, 5) is 0. The van der Waals surface area contributed by atoms with Gasteiger partial charge in [-0.2, -0.15) is 4.39 Å². The molecule has 1 aliphatic rings. The number of unbranched alkanes of at least 4 members (excludes halogenated alkanes) is 4. The van der Waals surface area contributed by atoms with Crippen LogP contribution in [0.2, 0.25) is 0 Å². The van der Waals surface area contributed by atoms with Crippen LogP contribution >= 0.6 is 0 Å². The molecule has 0 radical (unpaired) electrons. The summed E-state index contributed by atoms with van der Waals surface area (Å²) >= 11 is 0. The van der Waals surface area contributed by atoms with Crippen molar-refractivity contribution in [2.75, 3.05) is 13.2 Å². The van der Waals surface area contributed by atoms with Crippen molar-refractivity contribution < 1.29 is 27.8 Å². The summed E-state index contributed by atoms with van der Waals surface area (Å²) in [6.07, 6.45) is 9.25. The zero-order chi connectivity index (χ0) is 29.2. The number of rotatable bonds is 14. The summed E-state index contributed by atoms with van der Waals surface area (Å²) < 4.78 is 56.0. The highest BCUT2D eigenvalue weighted by Gasteiger charge is 2.29. The van der Waals surface area contributed by atoms with Gasteiger partial charge in [0.05, 0.1) is 25.4 Å². The van der Waals surface area contributed by atoms with E-state index in [1.165, 1.54) is 31.0 Å². The number of aliphatic hydroxyl groups excluding tert-OH is 1. The molecule has 0 amide bonds. The quantitative estimate of drug-likeness (QED) is 0.156. The van der Waals surface area contributed by atoms with E-state index in [-0.39, 0.29) is 41.9 Å². The van der Waals surface area contributed by atoms with E-state index < -0.39 is 11.6 Å². The van der Waals surface area contributed by atoms with Crippen LogP contribution in [0, 0.1) is 23.4 Å². The topological polar surface area (TPSA) is 38.7 Å². The molecule has 0 aromatic heterocycles. The SMILES string of the molecule is C=CCCCOc1ccc(-c2ccc(-c3ccc(C4CCC(C(O)CCCCCC)CO4)c(F)c3)cc2)c(F)c1F. The van der Waals surface area contributed by atoms with Crippen molar-refractivity contribution in [3.8, 4) is 28.0 Å². The van der Waals surface area contributed by atoms with Gasteiger partial charge in [-0.3, -0.25) is 0 Å². The molecule has 1 aliphatic heterocycles. The van der Waals surface area contributed by atoms with Crippen LogP contribution in [-0.4, -0.2) is 24.4 Å². The molecule has 0 bridgehead atoms. The number of hydrogen-bond acceptors (Lipinski definition) is 3. The maximum Gasteiger partial charge on any atom is 0.201 e. The predicted molar refractivity (Wildman–Crippen MR) is 158 cm³/mol. The first-order valence-corrected chi connectivity index (χ1v) is 14.8. The molecular weight excluding hydrogens is 525 g/mol. The minimum atomic E-state index is -1.01. The van der Waals surface area contributed by atoms with Crippen molar-refractivity contribution in [1.82, 2.24) is 0 Å². The molecule has 0 spiro atoms. The Morgan fingerprint density at radius 2 is 1.68 bits per heavy atom. The highest BCUT2D eigenvalue weighted by Crippen LogP contribution is 2.36. The Morgan fingerprint density at radius 1 is 0.927 bits per heavy atom. The van der Waals surface area contributed by atoms with Gasteiger partial charge in [0.1, 0.15) is 5.82 Å². The monoisotopic (exact) mass is 566 g/mol. The van der Waals surface area contributed by atoms with Gasteiger partial charge in [-0.1, -0.05) is 75.1 Å². The summed E-state index contributed by atoms with van der Waals surface area (Å²) in [7, 11) is 0. The highest BCUT2D eigenvalue weighted by atomic mass is 19.2. The van der Waals surface area contributed by atoms with Crippen LogP contribution in [0.5, 0.6) is 5.75 Å². The Hall–Kier alpha value is -3.09. The fraction of sp³-hybridized carbons (Fsp3) is 0.429. The molecule has 1 heterocycles. The average Bonchev–Trinajstić information content (AvgIpc) is 3.00. The second-order valence-corrected chi connectivity index (χ2v) is 10.9. The normalized spacial score (nSPS) is 17.8. The molecule has 3 aromatic carbocycles. The largest absolute Gasteiger partial charge is 0.490 e. The van der Waals surface area contributed by atoms with E-state index in [1.807, 2.05) is 6.07 Å². The molecular formula is C35H41F3O3. The van der Waals surface area contributed by atoms with E-state index in [1.54, 1.807) is 36.4 Å². The van der Waals surface area contributed by atoms with Crippen molar-refractivity contribution in [3.05, 3.63) is 90.3 Å². The van der Waals surface area contributed by atoms with Crippen LogP contribution in [-0.2, 0) is 4.74 Å². The number of allylic oxidation sites excluding steroid dienone is 1. The average molecular weight is 567 g/mol. The van der Waals surface area contributed by atoms with Gasteiger partial charge in [-0.25, -0.2) is 8.78 Å². The highest BCUT2D eigenvalue weighted by molar-refractivity contribution is 5.71. The van der Waals surface area contributed by atoms with Gasteiger partial charge in [-0.05, 0) is 67.0 Å². The molecule has 6 heteroatoms. The second kappa shape index (κ2) is 15.2. The molecule has 3 nitrogen and oxygen atoms in total. The first kappa shape index (κ1) is 30.9. The van der Waals surface area contributed by atoms with Gasteiger partial charge in [0.2, 0.25) is 5.82 Å². The number of halogens is 3. The third-order valence-electron chi connectivity index (χ3n) is 7.94. The van der Waals surface area contributed by atoms with E-state index in [2.05, 4.69) is 13.5 Å². The van der Waals surface area contributed by atoms with E-state index in [4.69, 9.17) is 9.47 Å². The Kier molecular flexibility index (Phi) is 11.5. The second-order valence-electron chi connectivity index (χ2n) is 10.9. The molecule has 1 N–H and O–H groups in total. The summed E-state index contributed by atoms with van der Waals surface area (Å²) in [5.74, 6) is -2.34. The standard InChI is InChI=1S/C35H41F3O3/c1-3-5-7-8-10-31(39)27-16-19-32(41-23-27)29-17-15-26(22-30(29)36)24-11-13-25(14-12-24)28-18-20-33(35(38)34(28)37)40-21-9-6-4-2/h4,11-15,17-18,20,22,27,31-32,39H,2-3,5-10,16,19,21,23H2,1H3. The molecule has 41 heavy (non-hydrogen) atoms. The summed E-state index contributed by atoms with van der Waals surface area (Å²) in [6, 6.07) is 15.0. The molecule has 1 saturated heterocycles. The first-order chi connectivity index (χ1) is 19.9. The lowest BCUT2D eigenvalue weighted by molar-refractivity contribution is -0.0593. The van der Waals surface area contributed by atoms with Crippen LogP contribution in [0.3, 0.4) is 0 Å². The van der Waals surface area contributed by atoms with Crippen LogP contribution < -0.4 is 4.74 Å². The van der Waals surface area contributed by atoms with Gasteiger partial charge >= 0.3 is 0 Å². The maximum atomic E-state index is 15.2. The third kappa shape index (κ3) is 8.02. The van der Waals surface area contributed by atoms with Crippen molar-refractivity contribution in [3.63, 3.8) is 0 Å². The van der Waals surface area contributed by atoms with Crippen molar-refractivity contribution in [1.29, 1.82) is 0 Å². The predicted octanol–water partition coefficient (Wildman–Crippen LogP) is 9.58. The lowest BCUT2D eigenvalue weighted by atomic mass is 9.88. The van der Waals surface area contributed by atoms with E-state index in [0.717, 1.165) is 37.7 Å². The Morgan fingerprint density at radius 3 is 2.37 bits per heavy atom. The molecule has 3 aromatic rings. The summed E-state index contributed by atoms with van der Waals surface area (Å²) in [6.45, 7) is 6.51. The van der Waals surface area contributed by atoms with E-state index in [9.17, 15) is 13.9 Å². The van der Waals surface area contributed by atoms with Crippen LogP contribution in [0.4, 0.5) is 13.2 Å². The molecule has 0 saturated carbocycles. The van der Waals surface area contributed by atoms with Crippen molar-refractivity contribution in [2.24, 2.45) is 5.92 Å². The maximum absolute atomic E-state index is 15.2. The molecule has 3 atom stereocenters. The van der Waals surface area contributed by atoms with Crippen LogP contribution in [0.15, 0.2) is 67.3 Å². The van der Waals surface area contributed by atoms with E-state index in [0.29, 0.717) is 36.1 Å². The summed E-state index contributed by atoms with van der Waals surface area (Å²) in [5, 5.41) is 10.5. The number of aliphatic hydroxyl groups is 1. The third-order valence-corrected chi connectivity index (χ3v) is 7.94. The zero-order valence-corrected chi connectivity index (χ0v) is 23.9. The molecule has 3 unspecified atom stereocenters. The number of benzene rings is 3. The zero-order valence-electron chi connectivity index (χ0n) is 23.9. The Bertz CT molecular complexity index is 1270. The van der Waals surface area contributed by atoms with Gasteiger partial charge < -0.3 is 14.6 Å². The summed E-state index contributed by atoms with van der Waals surface area (Å²) in [5.41, 5.74) is 2.61. The fourth-order valence-corrected chi connectivity index (χ4v) is 5.42. The fourth-order valence-electron chi connectivity index (χ4n) is 5.42. The van der Waals surface area contributed by atoms with Crippen LogP contribution in [0.25, 0.3) is 22.3 Å². The number of hydrogen-bond donors (Lipinski definition) is 1. The minimum Gasteiger partial charge on any atom is -0.490 e. The van der Waals surface area contributed by atoms with E-state index >= 15 is 4.39 Å². The minimum absolute atomic E-state index is 0.0955. The smallest absolute Gasteiger partial charge is 0.201 e. The number of ether oxygens (including phenoxy) is 2. The molecule has 4 rings (SSSR count). The van der Waals surface area contributed by atoms with Gasteiger partial charge in [0, 0.05) is 17.0 Å². The van der Waals surface area contributed by atoms with Gasteiger partial charge in [0.15, 0.2) is 11.6 Å². The van der Waals surface area contributed by atoms with Gasteiger partial charge in [-0.15, -0.1) is 6.58 Å². The molecule has 1 fully saturated rings. The first-order valence-electron chi connectivity index (χ1n) is 14.8. The Balaban J connectivity index is 1.37. The molecule has 0 aliphatic carbocycles. The van der Waals surface area contributed by atoms with Crippen LogP contribution in [0.1, 0.15) is 76.4 Å². The van der Waals surface area contributed by atoms with Crippen molar-refractivity contribution in [2.45, 2.75) is 76.9 Å².